The van der Waals surface area contributed by atoms with Crippen LogP contribution in [-0.4, -0.2) is 48.7 Å². The van der Waals surface area contributed by atoms with Gasteiger partial charge in [-0.1, -0.05) is 11.6 Å². The van der Waals surface area contributed by atoms with E-state index in [0.29, 0.717) is 24.8 Å². The molecule has 5 nitrogen and oxygen atoms in total. The summed E-state index contributed by atoms with van der Waals surface area (Å²) < 4.78 is 11.1. The summed E-state index contributed by atoms with van der Waals surface area (Å²) in [5, 5.41) is 14.2. The van der Waals surface area contributed by atoms with Crippen LogP contribution in [0.1, 0.15) is 12.0 Å². The molecule has 0 unspecified atom stereocenters. The minimum absolute atomic E-state index is 0.0112. The Balaban J connectivity index is 1.80. The van der Waals surface area contributed by atoms with Gasteiger partial charge in [0.05, 0.1) is 31.4 Å². The number of benzene rings is 1. The van der Waals surface area contributed by atoms with Crippen LogP contribution in [0.25, 0.3) is 10.9 Å². The zero-order valence-electron chi connectivity index (χ0n) is 13.1. The van der Waals surface area contributed by atoms with E-state index in [1.54, 1.807) is 0 Å². The maximum absolute atomic E-state index is 8.94. The molecule has 2 atom stereocenters. The minimum atomic E-state index is -0.0843. The number of nitrogens with one attached hydrogen (secondary N) is 1. The van der Waals surface area contributed by atoms with Crippen molar-refractivity contribution in [1.29, 1.82) is 0 Å². The van der Waals surface area contributed by atoms with Crippen molar-refractivity contribution in [3.05, 3.63) is 34.9 Å². The first-order valence-corrected chi connectivity index (χ1v) is 8.19. The highest BCUT2D eigenvalue weighted by Crippen LogP contribution is 2.25. The maximum Gasteiger partial charge on any atom is 0.127 e. The Morgan fingerprint density at radius 3 is 3.13 bits per heavy atom. The lowest BCUT2D eigenvalue weighted by molar-refractivity contribution is -0.0643. The molecule has 6 heteroatoms. The smallest absolute Gasteiger partial charge is 0.127 e. The fourth-order valence-electron chi connectivity index (χ4n) is 2.88. The lowest BCUT2D eigenvalue weighted by Gasteiger charge is -2.32. The molecule has 0 spiro atoms. The summed E-state index contributed by atoms with van der Waals surface area (Å²) in [5.41, 5.74) is 2.04. The largest absolute Gasteiger partial charge is 0.394 e. The van der Waals surface area contributed by atoms with Crippen LogP contribution in [0.3, 0.4) is 0 Å². The molecule has 1 aromatic carbocycles. The third-order valence-corrected chi connectivity index (χ3v) is 4.27. The Kier molecular flexibility index (Phi) is 5.33. The second-order valence-corrected chi connectivity index (χ2v) is 6.17. The summed E-state index contributed by atoms with van der Waals surface area (Å²) in [6.07, 6.45) is 0.758. The molecule has 23 heavy (non-hydrogen) atoms. The molecule has 1 fully saturated rings. The zero-order valence-corrected chi connectivity index (χ0v) is 13.8. The van der Waals surface area contributed by atoms with Crippen LogP contribution in [0, 0.1) is 6.92 Å². The van der Waals surface area contributed by atoms with Gasteiger partial charge in [0.25, 0.3) is 0 Å². The Bertz CT molecular complexity index is 680. The van der Waals surface area contributed by atoms with Crippen LogP contribution >= 0.6 is 11.6 Å². The van der Waals surface area contributed by atoms with Crippen LogP contribution < -0.4 is 5.32 Å². The molecular formula is C17H21ClN2O3. The average Bonchev–Trinajstić information content (AvgIpc) is 2.55. The van der Waals surface area contributed by atoms with Gasteiger partial charge in [-0.25, -0.2) is 4.98 Å². The molecule has 0 aliphatic carbocycles. The molecule has 1 aliphatic rings. The Morgan fingerprint density at radius 1 is 1.43 bits per heavy atom. The van der Waals surface area contributed by atoms with E-state index in [9.17, 15) is 0 Å². The number of halogens is 1. The summed E-state index contributed by atoms with van der Waals surface area (Å²) in [6.45, 7) is 3.60. The first kappa shape index (κ1) is 16.5. The van der Waals surface area contributed by atoms with Crippen molar-refractivity contribution >= 4 is 28.3 Å². The van der Waals surface area contributed by atoms with Crippen molar-refractivity contribution in [3.8, 4) is 0 Å². The standard InChI is InChI=1S/C17H21ClN2O3/c1-11-8-17(19-14-3-2-12(18)9-13(11)14)20-15-4-6-22-10-16(15)23-7-5-21/h2-3,8-9,15-16,21H,4-7,10H2,1H3,(H,19,20)/t15-,16-/m1/s1. The molecule has 0 saturated carbocycles. The van der Waals surface area contributed by atoms with E-state index in [0.717, 1.165) is 28.7 Å². The highest BCUT2D eigenvalue weighted by molar-refractivity contribution is 6.31. The number of nitrogens with zero attached hydrogens (tertiary/aromatic N) is 1. The monoisotopic (exact) mass is 336 g/mol. The first-order chi connectivity index (χ1) is 11.2. The number of pyridine rings is 1. The Labute approximate surface area is 140 Å². The van der Waals surface area contributed by atoms with Gasteiger partial charge in [-0.2, -0.15) is 0 Å². The number of fused-ring (bicyclic) bond motifs is 1. The van der Waals surface area contributed by atoms with E-state index in [1.165, 1.54) is 0 Å². The molecule has 124 valence electrons. The molecule has 1 saturated heterocycles. The number of ether oxygens (including phenoxy) is 2. The number of anilines is 1. The summed E-state index contributed by atoms with van der Waals surface area (Å²) in [5.74, 6) is 0.821. The van der Waals surface area contributed by atoms with Crippen molar-refractivity contribution in [3.63, 3.8) is 0 Å². The summed E-state index contributed by atoms with van der Waals surface area (Å²) in [4.78, 5) is 4.67. The predicted octanol–water partition coefficient (Wildman–Crippen LogP) is 2.77. The lowest BCUT2D eigenvalue weighted by Crippen LogP contribution is -2.44. The van der Waals surface area contributed by atoms with Gasteiger partial charge in [-0.05, 0) is 43.2 Å². The quantitative estimate of drug-likeness (QED) is 0.879. The van der Waals surface area contributed by atoms with Crippen LogP contribution in [0.2, 0.25) is 5.02 Å². The number of aromatic nitrogens is 1. The average molecular weight is 337 g/mol. The number of aliphatic hydroxyl groups excluding tert-OH is 1. The molecule has 2 aromatic rings. The van der Waals surface area contributed by atoms with Crippen LogP contribution in [0.5, 0.6) is 0 Å². The molecule has 0 bridgehead atoms. The van der Waals surface area contributed by atoms with E-state index in [2.05, 4.69) is 17.2 Å². The van der Waals surface area contributed by atoms with Crippen molar-refractivity contribution in [2.45, 2.75) is 25.5 Å². The third kappa shape index (κ3) is 3.93. The lowest BCUT2D eigenvalue weighted by atomic mass is 10.1. The van der Waals surface area contributed by atoms with Gasteiger partial charge in [-0.3, -0.25) is 0 Å². The predicted molar refractivity (Wildman–Crippen MR) is 91.2 cm³/mol. The van der Waals surface area contributed by atoms with E-state index >= 15 is 0 Å². The van der Waals surface area contributed by atoms with Gasteiger partial charge in [0, 0.05) is 17.0 Å². The number of hydrogen-bond acceptors (Lipinski definition) is 5. The van der Waals surface area contributed by atoms with Gasteiger partial charge >= 0.3 is 0 Å². The van der Waals surface area contributed by atoms with E-state index < -0.39 is 0 Å². The van der Waals surface area contributed by atoms with Gasteiger partial charge < -0.3 is 19.9 Å². The summed E-state index contributed by atoms with van der Waals surface area (Å²) in [7, 11) is 0. The molecule has 1 aromatic heterocycles. The van der Waals surface area contributed by atoms with Gasteiger partial charge in [0.15, 0.2) is 0 Å². The third-order valence-electron chi connectivity index (χ3n) is 4.04. The van der Waals surface area contributed by atoms with Gasteiger partial charge in [-0.15, -0.1) is 0 Å². The molecular weight excluding hydrogens is 316 g/mol. The van der Waals surface area contributed by atoms with Crippen LogP contribution in [0.15, 0.2) is 24.3 Å². The number of rotatable bonds is 5. The van der Waals surface area contributed by atoms with Crippen molar-refractivity contribution in [1.82, 2.24) is 4.98 Å². The number of hydrogen-bond donors (Lipinski definition) is 2. The normalized spacial score (nSPS) is 21.5. The molecule has 0 radical (unpaired) electrons. The second-order valence-electron chi connectivity index (χ2n) is 5.73. The highest BCUT2D eigenvalue weighted by Gasteiger charge is 2.26. The first-order valence-electron chi connectivity index (χ1n) is 7.81. The van der Waals surface area contributed by atoms with Crippen LogP contribution in [0.4, 0.5) is 5.82 Å². The maximum atomic E-state index is 8.94. The SMILES string of the molecule is Cc1cc(N[C@@H]2CCOC[C@H]2OCCO)nc2ccc(Cl)cc12. The zero-order chi connectivity index (χ0) is 16.2. The summed E-state index contributed by atoms with van der Waals surface area (Å²) in [6, 6.07) is 7.86. The molecule has 0 amide bonds. The Hall–Kier alpha value is -1.40. The molecule has 3 rings (SSSR count). The van der Waals surface area contributed by atoms with Crippen molar-refractivity contribution in [2.24, 2.45) is 0 Å². The van der Waals surface area contributed by atoms with Crippen molar-refractivity contribution < 1.29 is 14.6 Å². The van der Waals surface area contributed by atoms with E-state index in [1.807, 2.05) is 24.3 Å². The highest BCUT2D eigenvalue weighted by atomic mass is 35.5. The fourth-order valence-corrected chi connectivity index (χ4v) is 3.05. The van der Waals surface area contributed by atoms with E-state index in [4.69, 9.17) is 26.2 Å². The molecule has 2 heterocycles. The fraction of sp³-hybridized carbons (Fsp3) is 0.471. The van der Waals surface area contributed by atoms with Gasteiger partial charge in [0.2, 0.25) is 0 Å². The summed E-state index contributed by atoms with van der Waals surface area (Å²) >= 11 is 6.06. The second kappa shape index (κ2) is 7.45. The number of aryl methyl sites for hydroxylation is 1. The molecule has 2 N–H and O–H groups in total. The minimum Gasteiger partial charge on any atom is -0.394 e. The Morgan fingerprint density at radius 2 is 2.30 bits per heavy atom. The van der Waals surface area contributed by atoms with Crippen molar-refractivity contribution in [2.75, 3.05) is 31.7 Å². The number of aliphatic hydroxyl groups is 1. The van der Waals surface area contributed by atoms with Gasteiger partial charge in [0.1, 0.15) is 11.9 Å². The van der Waals surface area contributed by atoms with Crippen LogP contribution in [-0.2, 0) is 9.47 Å². The molecule has 1 aliphatic heterocycles. The topological polar surface area (TPSA) is 63.6 Å². The van der Waals surface area contributed by atoms with E-state index in [-0.39, 0.29) is 18.8 Å².